The van der Waals surface area contributed by atoms with Gasteiger partial charge in [-0.05, 0) is 31.2 Å². The van der Waals surface area contributed by atoms with Gasteiger partial charge < -0.3 is 14.0 Å². The van der Waals surface area contributed by atoms with E-state index in [4.69, 9.17) is 20.3 Å². The van der Waals surface area contributed by atoms with Crippen LogP contribution in [0, 0.1) is 10.8 Å². The number of nitrogens with one attached hydrogen (secondary N) is 2. The van der Waals surface area contributed by atoms with Gasteiger partial charge in [-0.25, -0.2) is 0 Å². The van der Waals surface area contributed by atoms with Crippen molar-refractivity contribution in [2.24, 2.45) is 7.05 Å². The van der Waals surface area contributed by atoms with E-state index in [0.717, 1.165) is 11.1 Å². The van der Waals surface area contributed by atoms with Gasteiger partial charge in [-0.3, -0.25) is 29.8 Å². The molecule has 10 nitrogen and oxygen atoms in total. The maximum Gasteiger partial charge on any atom is 0.260 e. The minimum atomic E-state index is -0.627. The molecular weight excluding hydrogens is 422 g/mol. The van der Waals surface area contributed by atoms with Gasteiger partial charge in [-0.15, -0.1) is 0 Å². The predicted octanol–water partition coefficient (Wildman–Crippen LogP) is 2.19. The van der Waals surface area contributed by atoms with Crippen LogP contribution in [-0.4, -0.2) is 50.1 Å². The molecule has 10 heteroatoms. The fourth-order valence-corrected chi connectivity index (χ4v) is 3.52. The van der Waals surface area contributed by atoms with Crippen LogP contribution >= 0.6 is 0 Å². The summed E-state index contributed by atoms with van der Waals surface area (Å²) in [5.41, 5.74) is 2.10. The highest BCUT2D eigenvalue weighted by molar-refractivity contribution is 5.86. The number of aromatic nitrogens is 5. The molecule has 0 saturated carbocycles. The molecule has 4 rings (SSSR count). The molecule has 2 N–H and O–H groups in total. The smallest absolute Gasteiger partial charge is 0.260 e. The summed E-state index contributed by atoms with van der Waals surface area (Å²) >= 11 is 0. The van der Waals surface area contributed by atoms with E-state index in [1.54, 1.807) is 61.7 Å². The highest BCUT2D eigenvalue weighted by Crippen LogP contribution is 2.19. The molecule has 0 radical (unpaired) electrons. The minimum absolute atomic E-state index is 0.0904. The fourth-order valence-electron chi connectivity index (χ4n) is 3.52. The zero-order valence-electron chi connectivity index (χ0n) is 18.6. The van der Waals surface area contributed by atoms with Crippen LogP contribution in [0.2, 0.25) is 0 Å². The van der Waals surface area contributed by atoms with Crippen LogP contribution in [0.1, 0.15) is 13.0 Å². The SMILES string of the molecule is COCCOc1cnc2ccn([C@@H](C)C(=N)n3cc(-c4cnn(C)c4)ccc3=N)c(=O)c2c1. The number of rotatable bonds is 7. The Balaban J connectivity index is 1.68. The van der Waals surface area contributed by atoms with Gasteiger partial charge in [0.15, 0.2) is 0 Å². The van der Waals surface area contributed by atoms with Gasteiger partial charge in [0.05, 0.1) is 35.9 Å². The highest BCUT2D eigenvalue weighted by atomic mass is 16.5. The second kappa shape index (κ2) is 9.21. The molecule has 0 aliphatic carbocycles. The summed E-state index contributed by atoms with van der Waals surface area (Å²) in [6, 6.07) is 6.20. The average Bonchev–Trinajstić information content (AvgIpc) is 3.25. The van der Waals surface area contributed by atoms with E-state index in [0.29, 0.717) is 29.9 Å². The zero-order chi connectivity index (χ0) is 23.5. The standard InChI is InChI=1S/C23H25N7O3/c1-15(22(25)30-14-16(4-5-21(30)24)17-11-27-28(2)13-17)29-7-6-20-19(23(29)31)10-18(12-26-20)33-9-8-32-3/h4-7,10-15,24-25H,8-9H2,1-3H3/t15-/m0/s1. The van der Waals surface area contributed by atoms with Crippen LogP contribution in [-0.2, 0) is 11.8 Å². The molecule has 0 unspecified atom stereocenters. The second-order valence-electron chi connectivity index (χ2n) is 7.61. The van der Waals surface area contributed by atoms with Crippen molar-refractivity contribution in [2.45, 2.75) is 13.0 Å². The summed E-state index contributed by atoms with van der Waals surface area (Å²) in [5, 5.41) is 21.6. The van der Waals surface area contributed by atoms with Gasteiger partial charge in [-0.2, -0.15) is 5.10 Å². The van der Waals surface area contributed by atoms with Gasteiger partial charge in [0, 0.05) is 43.9 Å². The van der Waals surface area contributed by atoms with Gasteiger partial charge in [0.1, 0.15) is 23.7 Å². The van der Waals surface area contributed by atoms with Crippen LogP contribution in [0.4, 0.5) is 0 Å². The Morgan fingerprint density at radius 3 is 2.70 bits per heavy atom. The predicted molar refractivity (Wildman–Crippen MR) is 124 cm³/mol. The largest absolute Gasteiger partial charge is 0.490 e. The van der Waals surface area contributed by atoms with Crippen molar-refractivity contribution < 1.29 is 9.47 Å². The topological polar surface area (TPSA) is 124 Å². The van der Waals surface area contributed by atoms with E-state index >= 15 is 0 Å². The number of methoxy groups -OCH3 is 1. The van der Waals surface area contributed by atoms with Crippen LogP contribution in [0.25, 0.3) is 22.0 Å². The van der Waals surface area contributed by atoms with Crippen molar-refractivity contribution >= 4 is 16.7 Å². The van der Waals surface area contributed by atoms with Crippen molar-refractivity contribution in [1.29, 1.82) is 10.8 Å². The maximum absolute atomic E-state index is 13.2. The third-order valence-electron chi connectivity index (χ3n) is 5.37. The quantitative estimate of drug-likeness (QED) is 0.255. The van der Waals surface area contributed by atoms with Crippen molar-refractivity contribution in [3.63, 3.8) is 0 Å². The number of ether oxygens (including phenoxy) is 2. The zero-order valence-corrected chi connectivity index (χ0v) is 18.6. The summed E-state index contributed by atoms with van der Waals surface area (Å²) in [6.07, 6.45) is 8.50. The Morgan fingerprint density at radius 1 is 1.15 bits per heavy atom. The normalized spacial score (nSPS) is 12.1. The van der Waals surface area contributed by atoms with Crippen LogP contribution in [0.3, 0.4) is 0 Å². The lowest BCUT2D eigenvalue weighted by atomic mass is 10.1. The molecule has 0 spiro atoms. The third-order valence-corrected chi connectivity index (χ3v) is 5.37. The number of nitrogens with zero attached hydrogens (tertiary/aromatic N) is 5. The van der Waals surface area contributed by atoms with Gasteiger partial charge in [0.2, 0.25) is 0 Å². The highest BCUT2D eigenvalue weighted by Gasteiger charge is 2.17. The maximum atomic E-state index is 13.2. The summed E-state index contributed by atoms with van der Waals surface area (Å²) in [4.78, 5) is 17.6. The first-order chi connectivity index (χ1) is 15.9. The third kappa shape index (κ3) is 4.46. The van der Waals surface area contributed by atoms with Crippen molar-refractivity contribution in [3.8, 4) is 16.9 Å². The Morgan fingerprint density at radius 2 is 1.97 bits per heavy atom. The number of hydrogen-bond acceptors (Lipinski definition) is 7. The lowest BCUT2D eigenvalue weighted by Crippen LogP contribution is -2.35. The lowest BCUT2D eigenvalue weighted by Gasteiger charge is -2.19. The summed E-state index contributed by atoms with van der Waals surface area (Å²) in [7, 11) is 3.42. The average molecular weight is 447 g/mol. The molecule has 4 aromatic heterocycles. The Hall–Kier alpha value is -4.05. The number of aryl methyl sites for hydroxylation is 1. The van der Waals surface area contributed by atoms with Crippen molar-refractivity contribution in [1.82, 2.24) is 23.9 Å². The van der Waals surface area contributed by atoms with Crippen LogP contribution in [0.15, 0.2) is 60.0 Å². The molecule has 0 fully saturated rings. The minimum Gasteiger partial charge on any atom is -0.490 e. The van der Waals surface area contributed by atoms with E-state index in [-0.39, 0.29) is 16.9 Å². The fraction of sp³-hybridized carbons (Fsp3) is 0.261. The molecule has 0 amide bonds. The van der Waals surface area contributed by atoms with Crippen LogP contribution < -0.4 is 15.8 Å². The number of pyridine rings is 3. The molecule has 0 aromatic carbocycles. The van der Waals surface area contributed by atoms with E-state index in [2.05, 4.69) is 10.1 Å². The first-order valence-corrected chi connectivity index (χ1v) is 10.4. The summed E-state index contributed by atoms with van der Waals surface area (Å²) in [6.45, 7) is 2.53. The summed E-state index contributed by atoms with van der Waals surface area (Å²) < 4.78 is 15.2. The molecule has 1 atom stereocenters. The van der Waals surface area contributed by atoms with E-state index in [9.17, 15) is 4.79 Å². The Labute approximate surface area is 189 Å². The van der Waals surface area contributed by atoms with E-state index < -0.39 is 6.04 Å². The Bertz CT molecular complexity index is 1430. The second-order valence-corrected chi connectivity index (χ2v) is 7.61. The summed E-state index contributed by atoms with van der Waals surface area (Å²) in [5.74, 6) is 0.566. The molecule has 0 bridgehead atoms. The van der Waals surface area contributed by atoms with E-state index in [1.165, 1.54) is 9.13 Å². The number of fused-ring (bicyclic) bond motifs is 1. The molecular formula is C23H25N7O3. The van der Waals surface area contributed by atoms with Crippen molar-refractivity contribution in [2.75, 3.05) is 20.3 Å². The Kier molecular flexibility index (Phi) is 6.18. The molecule has 33 heavy (non-hydrogen) atoms. The lowest BCUT2D eigenvalue weighted by molar-refractivity contribution is 0.146. The van der Waals surface area contributed by atoms with Gasteiger partial charge in [0.25, 0.3) is 5.56 Å². The monoisotopic (exact) mass is 447 g/mol. The number of hydrogen-bond donors (Lipinski definition) is 2. The first-order valence-electron chi connectivity index (χ1n) is 10.4. The molecule has 0 aliphatic rings. The molecule has 4 heterocycles. The van der Waals surface area contributed by atoms with Crippen molar-refractivity contribution in [3.05, 3.63) is 71.1 Å². The van der Waals surface area contributed by atoms with Gasteiger partial charge >= 0.3 is 0 Å². The van der Waals surface area contributed by atoms with Crippen LogP contribution in [0.5, 0.6) is 5.75 Å². The van der Waals surface area contributed by atoms with E-state index in [1.807, 2.05) is 19.3 Å². The molecule has 4 aromatic rings. The molecule has 0 aliphatic heterocycles. The first kappa shape index (κ1) is 22.2. The molecule has 170 valence electrons. The van der Waals surface area contributed by atoms with Gasteiger partial charge in [-0.1, -0.05) is 0 Å². The molecule has 0 saturated heterocycles.